The van der Waals surface area contributed by atoms with Gasteiger partial charge in [-0.3, -0.25) is 0 Å². The minimum Gasteiger partial charge on any atom is -0.436 e. The van der Waals surface area contributed by atoms with Crippen LogP contribution in [0.4, 0.5) is 5.69 Å². The third-order valence-corrected chi connectivity index (χ3v) is 2.75. The molecule has 1 heterocycles. The smallest absolute Gasteiger partial charge is 0.226 e. The normalized spacial score (nSPS) is 10.4. The molecule has 3 heteroatoms. The maximum Gasteiger partial charge on any atom is 0.226 e. The SMILES string of the molecule is Nc1ccccc1-c1cnc(-c2ccccc2)o1. The first-order valence-corrected chi connectivity index (χ1v) is 5.71. The Labute approximate surface area is 105 Å². The van der Waals surface area contributed by atoms with Crippen LogP contribution in [0.3, 0.4) is 0 Å². The van der Waals surface area contributed by atoms with Gasteiger partial charge in [0, 0.05) is 16.8 Å². The molecule has 0 aliphatic heterocycles. The molecule has 3 aromatic rings. The van der Waals surface area contributed by atoms with Gasteiger partial charge in [0.2, 0.25) is 5.89 Å². The summed E-state index contributed by atoms with van der Waals surface area (Å²) in [6, 6.07) is 17.4. The molecule has 0 spiro atoms. The fourth-order valence-electron chi connectivity index (χ4n) is 1.83. The Kier molecular flexibility index (Phi) is 2.57. The number of nitrogens with zero attached hydrogens (tertiary/aromatic N) is 1. The average Bonchev–Trinajstić information content (AvgIpc) is 2.90. The van der Waals surface area contributed by atoms with Crippen molar-refractivity contribution in [2.24, 2.45) is 0 Å². The summed E-state index contributed by atoms with van der Waals surface area (Å²) >= 11 is 0. The summed E-state index contributed by atoms with van der Waals surface area (Å²) in [5.74, 6) is 1.29. The molecule has 0 saturated heterocycles. The summed E-state index contributed by atoms with van der Waals surface area (Å²) < 4.78 is 5.75. The summed E-state index contributed by atoms with van der Waals surface area (Å²) in [5, 5.41) is 0. The zero-order chi connectivity index (χ0) is 12.4. The lowest BCUT2D eigenvalue weighted by atomic mass is 10.1. The Bertz CT molecular complexity index is 659. The minimum atomic E-state index is 0.605. The van der Waals surface area contributed by atoms with Gasteiger partial charge in [-0.05, 0) is 24.3 Å². The van der Waals surface area contributed by atoms with Crippen LogP contribution < -0.4 is 5.73 Å². The minimum absolute atomic E-state index is 0.605. The van der Waals surface area contributed by atoms with Gasteiger partial charge in [-0.2, -0.15) is 0 Å². The lowest BCUT2D eigenvalue weighted by Crippen LogP contribution is -1.87. The van der Waals surface area contributed by atoms with E-state index >= 15 is 0 Å². The number of hydrogen-bond acceptors (Lipinski definition) is 3. The molecule has 0 fully saturated rings. The Morgan fingerprint density at radius 3 is 2.39 bits per heavy atom. The molecule has 1 aromatic heterocycles. The molecule has 0 radical (unpaired) electrons. The van der Waals surface area contributed by atoms with E-state index in [0.717, 1.165) is 11.1 Å². The largest absolute Gasteiger partial charge is 0.436 e. The first-order chi connectivity index (χ1) is 8.84. The molecule has 3 rings (SSSR count). The van der Waals surface area contributed by atoms with Gasteiger partial charge in [-0.15, -0.1) is 0 Å². The topological polar surface area (TPSA) is 52.0 Å². The molecule has 0 aliphatic rings. The number of para-hydroxylation sites is 1. The van der Waals surface area contributed by atoms with Gasteiger partial charge in [0.25, 0.3) is 0 Å². The van der Waals surface area contributed by atoms with Crippen molar-refractivity contribution in [2.75, 3.05) is 5.73 Å². The number of nitrogens with two attached hydrogens (primary N) is 1. The highest BCUT2D eigenvalue weighted by Gasteiger charge is 2.09. The Morgan fingerprint density at radius 1 is 0.889 bits per heavy atom. The van der Waals surface area contributed by atoms with Gasteiger partial charge >= 0.3 is 0 Å². The fourth-order valence-corrected chi connectivity index (χ4v) is 1.83. The third kappa shape index (κ3) is 1.86. The second kappa shape index (κ2) is 4.37. The van der Waals surface area contributed by atoms with E-state index in [-0.39, 0.29) is 0 Å². The predicted octanol–water partition coefficient (Wildman–Crippen LogP) is 3.59. The summed E-state index contributed by atoms with van der Waals surface area (Å²) in [6.45, 7) is 0. The van der Waals surface area contributed by atoms with Gasteiger partial charge in [-0.25, -0.2) is 4.98 Å². The van der Waals surface area contributed by atoms with Crippen LogP contribution in [0.2, 0.25) is 0 Å². The lowest BCUT2D eigenvalue weighted by molar-refractivity contribution is 0.589. The molecular weight excluding hydrogens is 224 g/mol. The van der Waals surface area contributed by atoms with E-state index in [9.17, 15) is 0 Å². The summed E-state index contributed by atoms with van der Waals surface area (Å²) in [6.07, 6.45) is 1.70. The van der Waals surface area contributed by atoms with Crippen LogP contribution in [0.1, 0.15) is 0 Å². The van der Waals surface area contributed by atoms with E-state index in [2.05, 4.69) is 4.98 Å². The second-order valence-electron chi connectivity index (χ2n) is 3.98. The standard InChI is InChI=1S/C15H12N2O/c16-13-9-5-4-8-12(13)14-10-17-15(18-14)11-6-2-1-3-7-11/h1-10H,16H2. The second-order valence-corrected chi connectivity index (χ2v) is 3.98. The van der Waals surface area contributed by atoms with Crippen LogP contribution in [0.25, 0.3) is 22.8 Å². The number of benzene rings is 2. The van der Waals surface area contributed by atoms with Gasteiger partial charge < -0.3 is 10.2 Å². The highest BCUT2D eigenvalue weighted by molar-refractivity contribution is 5.73. The Balaban J connectivity index is 2.03. The van der Waals surface area contributed by atoms with Gasteiger partial charge in [0.15, 0.2) is 5.76 Å². The molecule has 0 bridgehead atoms. The van der Waals surface area contributed by atoms with Crippen LogP contribution in [0, 0.1) is 0 Å². The Morgan fingerprint density at radius 2 is 1.61 bits per heavy atom. The zero-order valence-electron chi connectivity index (χ0n) is 9.71. The number of aromatic nitrogens is 1. The molecule has 0 aliphatic carbocycles. The predicted molar refractivity (Wildman–Crippen MR) is 71.8 cm³/mol. The summed E-state index contributed by atoms with van der Waals surface area (Å²) in [7, 11) is 0. The molecule has 0 unspecified atom stereocenters. The van der Waals surface area contributed by atoms with Crippen molar-refractivity contribution in [1.82, 2.24) is 4.98 Å². The molecule has 0 atom stereocenters. The van der Waals surface area contributed by atoms with Crippen molar-refractivity contribution in [2.45, 2.75) is 0 Å². The number of anilines is 1. The van der Waals surface area contributed by atoms with Gasteiger partial charge in [0.05, 0.1) is 6.20 Å². The highest BCUT2D eigenvalue weighted by atomic mass is 16.4. The van der Waals surface area contributed by atoms with Crippen LogP contribution in [-0.2, 0) is 0 Å². The van der Waals surface area contributed by atoms with Crippen LogP contribution in [0.5, 0.6) is 0 Å². The van der Waals surface area contributed by atoms with Crippen molar-refractivity contribution in [3.63, 3.8) is 0 Å². The van der Waals surface area contributed by atoms with E-state index in [1.54, 1.807) is 6.20 Å². The summed E-state index contributed by atoms with van der Waals surface area (Å²) in [4.78, 5) is 4.28. The van der Waals surface area contributed by atoms with Gasteiger partial charge in [0.1, 0.15) is 0 Å². The molecule has 3 nitrogen and oxygen atoms in total. The molecule has 88 valence electrons. The van der Waals surface area contributed by atoms with Gasteiger partial charge in [-0.1, -0.05) is 30.3 Å². The molecule has 0 saturated carbocycles. The number of rotatable bonds is 2. The maximum absolute atomic E-state index is 5.91. The van der Waals surface area contributed by atoms with Crippen molar-refractivity contribution < 1.29 is 4.42 Å². The first-order valence-electron chi connectivity index (χ1n) is 5.71. The Hall–Kier alpha value is -2.55. The quantitative estimate of drug-likeness (QED) is 0.692. The third-order valence-electron chi connectivity index (χ3n) is 2.75. The molecular formula is C15H12N2O. The van der Waals surface area contributed by atoms with E-state index < -0.39 is 0 Å². The van der Waals surface area contributed by atoms with Crippen LogP contribution >= 0.6 is 0 Å². The maximum atomic E-state index is 5.91. The molecule has 0 amide bonds. The number of hydrogen-bond donors (Lipinski definition) is 1. The van der Waals surface area contributed by atoms with Crippen molar-refractivity contribution in [3.8, 4) is 22.8 Å². The number of oxazole rings is 1. The van der Waals surface area contributed by atoms with Crippen molar-refractivity contribution in [3.05, 3.63) is 60.8 Å². The highest BCUT2D eigenvalue weighted by Crippen LogP contribution is 2.29. The summed E-state index contributed by atoms with van der Waals surface area (Å²) in [5.41, 5.74) is 8.43. The monoisotopic (exact) mass is 236 g/mol. The van der Waals surface area contributed by atoms with E-state index in [1.165, 1.54) is 0 Å². The molecule has 2 aromatic carbocycles. The zero-order valence-corrected chi connectivity index (χ0v) is 9.71. The van der Waals surface area contributed by atoms with E-state index in [0.29, 0.717) is 17.3 Å². The average molecular weight is 236 g/mol. The number of nitrogen functional groups attached to an aromatic ring is 1. The van der Waals surface area contributed by atoms with Crippen LogP contribution in [-0.4, -0.2) is 4.98 Å². The first kappa shape index (κ1) is 10.6. The van der Waals surface area contributed by atoms with Crippen molar-refractivity contribution >= 4 is 5.69 Å². The fraction of sp³-hybridized carbons (Fsp3) is 0. The molecule has 18 heavy (non-hydrogen) atoms. The van der Waals surface area contributed by atoms with Crippen LogP contribution in [0.15, 0.2) is 65.2 Å². The van der Waals surface area contributed by atoms with E-state index in [1.807, 2.05) is 54.6 Å². The van der Waals surface area contributed by atoms with Crippen molar-refractivity contribution in [1.29, 1.82) is 0 Å². The molecule has 2 N–H and O–H groups in total. The lowest BCUT2D eigenvalue weighted by Gasteiger charge is -2.00. The van der Waals surface area contributed by atoms with E-state index in [4.69, 9.17) is 10.2 Å².